The van der Waals surface area contributed by atoms with Crippen molar-refractivity contribution in [1.82, 2.24) is 0 Å². The topological polar surface area (TPSA) is 17.1 Å². The lowest BCUT2D eigenvalue weighted by Crippen LogP contribution is -1.96. The highest BCUT2D eigenvalue weighted by Crippen LogP contribution is 2.20. The monoisotopic (exact) mass is 252 g/mol. The van der Waals surface area contributed by atoms with Gasteiger partial charge in [0, 0.05) is 5.92 Å². The van der Waals surface area contributed by atoms with Crippen molar-refractivity contribution < 1.29 is 4.79 Å². The summed E-state index contributed by atoms with van der Waals surface area (Å²) in [6.07, 6.45) is 4.14. The lowest BCUT2D eigenvalue weighted by Gasteiger charge is -2.06. The molecule has 0 radical (unpaired) electrons. The first kappa shape index (κ1) is 13.5. The molecule has 2 rings (SSSR count). The summed E-state index contributed by atoms with van der Waals surface area (Å²) in [5, 5.41) is 0. The highest BCUT2D eigenvalue weighted by Gasteiger charge is 2.01. The number of aldehydes is 1. The fraction of sp³-hybridized carbons (Fsp3) is 0.278. The molecule has 0 saturated carbocycles. The van der Waals surface area contributed by atoms with Crippen molar-refractivity contribution in [3.8, 4) is 11.1 Å². The average Bonchev–Trinajstić information content (AvgIpc) is 2.48. The zero-order chi connectivity index (χ0) is 13.5. The van der Waals surface area contributed by atoms with Gasteiger partial charge in [-0.3, -0.25) is 0 Å². The molecule has 1 nitrogen and oxygen atoms in total. The van der Waals surface area contributed by atoms with Crippen LogP contribution in [0.5, 0.6) is 0 Å². The Labute approximate surface area is 115 Å². The number of aryl methyl sites for hydroxylation is 1. The third-order valence-corrected chi connectivity index (χ3v) is 3.42. The minimum atomic E-state index is 0.184. The number of benzene rings is 2. The van der Waals surface area contributed by atoms with Crippen LogP contribution < -0.4 is 0 Å². The molecular formula is C18H20O. The van der Waals surface area contributed by atoms with Crippen LogP contribution in [0.1, 0.15) is 25.3 Å². The van der Waals surface area contributed by atoms with Crippen LogP contribution in [-0.2, 0) is 11.2 Å². The molecule has 19 heavy (non-hydrogen) atoms. The largest absolute Gasteiger partial charge is 0.303 e. The van der Waals surface area contributed by atoms with E-state index < -0.39 is 0 Å². The normalized spacial score (nSPS) is 12.1. The second-order valence-corrected chi connectivity index (χ2v) is 5.07. The summed E-state index contributed by atoms with van der Waals surface area (Å²) in [4.78, 5) is 10.5. The van der Waals surface area contributed by atoms with E-state index in [2.05, 4.69) is 48.5 Å². The Hall–Kier alpha value is -1.89. The number of rotatable bonds is 6. The van der Waals surface area contributed by atoms with E-state index in [0.717, 1.165) is 25.5 Å². The number of carbonyl (C=O) groups is 1. The first-order chi connectivity index (χ1) is 9.29. The Balaban J connectivity index is 1.94. The van der Waals surface area contributed by atoms with Gasteiger partial charge in [-0.2, -0.15) is 0 Å². The maximum absolute atomic E-state index is 10.5. The van der Waals surface area contributed by atoms with Crippen molar-refractivity contribution in [2.24, 2.45) is 5.92 Å². The number of hydrogen-bond donors (Lipinski definition) is 0. The second kappa shape index (κ2) is 6.89. The van der Waals surface area contributed by atoms with E-state index in [1.165, 1.54) is 16.7 Å². The Morgan fingerprint density at radius 1 is 0.947 bits per heavy atom. The van der Waals surface area contributed by atoms with Gasteiger partial charge in [-0.25, -0.2) is 0 Å². The summed E-state index contributed by atoms with van der Waals surface area (Å²) >= 11 is 0. The molecule has 0 N–H and O–H groups in total. The van der Waals surface area contributed by atoms with Crippen LogP contribution in [0.15, 0.2) is 54.6 Å². The molecule has 2 aromatic rings. The highest BCUT2D eigenvalue weighted by molar-refractivity contribution is 5.63. The molecule has 0 saturated heterocycles. The molecule has 0 aliphatic heterocycles. The zero-order valence-corrected chi connectivity index (χ0v) is 11.4. The van der Waals surface area contributed by atoms with Crippen LogP contribution in [0, 0.1) is 5.92 Å². The Morgan fingerprint density at radius 3 is 2.21 bits per heavy atom. The standard InChI is InChI=1S/C18H20O/c1-15(14-19)6-5-7-16-10-12-18(13-11-16)17-8-3-2-4-9-17/h2-4,8-15H,5-7H2,1H3/t15-/m1/s1. The maximum atomic E-state index is 10.5. The van der Waals surface area contributed by atoms with Gasteiger partial charge in [-0.05, 0) is 36.0 Å². The minimum absolute atomic E-state index is 0.184. The van der Waals surface area contributed by atoms with Gasteiger partial charge in [0.2, 0.25) is 0 Å². The molecule has 0 aliphatic rings. The Kier molecular flexibility index (Phi) is 4.91. The third kappa shape index (κ3) is 4.06. The smallest absolute Gasteiger partial charge is 0.122 e. The first-order valence-electron chi connectivity index (χ1n) is 6.89. The summed E-state index contributed by atoms with van der Waals surface area (Å²) in [7, 11) is 0. The van der Waals surface area contributed by atoms with Crippen LogP contribution in [0.25, 0.3) is 11.1 Å². The van der Waals surface area contributed by atoms with Crippen LogP contribution in [0.2, 0.25) is 0 Å². The molecule has 0 amide bonds. The first-order valence-corrected chi connectivity index (χ1v) is 6.89. The van der Waals surface area contributed by atoms with E-state index >= 15 is 0 Å². The second-order valence-electron chi connectivity index (χ2n) is 5.07. The molecule has 0 aliphatic carbocycles. The van der Waals surface area contributed by atoms with E-state index in [-0.39, 0.29) is 5.92 Å². The van der Waals surface area contributed by atoms with Gasteiger partial charge in [-0.1, -0.05) is 61.5 Å². The van der Waals surface area contributed by atoms with Crippen molar-refractivity contribution in [2.75, 3.05) is 0 Å². The molecule has 0 unspecified atom stereocenters. The molecule has 1 atom stereocenters. The average molecular weight is 252 g/mol. The van der Waals surface area contributed by atoms with E-state index in [9.17, 15) is 4.79 Å². The maximum Gasteiger partial charge on any atom is 0.122 e. The molecule has 0 fully saturated rings. The summed E-state index contributed by atoms with van der Waals surface area (Å²) in [5.41, 5.74) is 3.85. The predicted octanol–water partition coefficient (Wildman–Crippen LogP) is 4.51. The summed E-state index contributed by atoms with van der Waals surface area (Å²) in [6, 6.07) is 19.1. The molecule has 0 aromatic heterocycles. The Morgan fingerprint density at radius 2 is 1.58 bits per heavy atom. The van der Waals surface area contributed by atoms with E-state index in [1.807, 2.05) is 13.0 Å². The number of hydrogen-bond acceptors (Lipinski definition) is 1. The third-order valence-electron chi connectivity index (χ3n) is 3.42. The summed E-state index contributed by atoms with van der Waals surface area (Å²) in [6.45, 7) is 1.98. The molecule has 98 valence electrons. The zero-order valence-electron chi connectivity index (χ0n) is 11.4. The van der Waals surface area contributed by atoms with Crippen molar-refractivity contribution in [2.45, 2.75) is 26.2 Å². The fourth-order valence-corrected chi connectivity index (χ4v) is 2.19. The molecule has 0 heterocycles. The predicted molar refractivity (Wildman–Crippen MR) is 80.0 cm³/mol. The molecule has 0 spiro atoms. The minimum Gasteiger partial charge on any atom is -0.303 e. The van der Waals surface area contributed by atoms with Gasteiger partial charge < -0.3 is 4.79 Å². The van der Waals surface area contributed by atoms with Gasteiger partial charge in [0.05, 0.1) is 0 Å². The lowest BCUT2D eigenvalue weighted by molar-refractivity contribution is -0.110. The number of carbonyl (C=O) groups excluding carboxylic acids is 1. The van der Waals surface area contributed by atoms with Gasteiger partial charge in [-0.15, -0.1) is 0 Å². The van der Waals surface area contributed by atoms with Gasteiger partial charge in [0.1, 0.15) is 6.29 Å². The highest BCUT2D eigenvalue weighted by atomic mass is 16.1. The lowest BCUT2D eigenvalue weighted by atomic mass is 9.99. The van der Waals surface area contributed by atoms with Crippen molar-refractivity contribution in [1.29, 1.82) is 0 Å². The molecule has 0 bridgehead atoms. The molecule has 2 aromatic carbocycles. The van der Waals surface area contributed by atoms with Crippen molar-refractivity contribution >= 4 is 6.29 Å². The van der Waals surface area contributed by atoms with Gasteiger partial charge >= 0.3 is 0 Å². The summed E-state index contributed by atoms with van der Waals surface area (Å²) < 4.78 is 0. The van der Waals surface area contributed by atoms with E-state index in [0.29, 0.717) is 0 Å². The van der Waals surface area contributed by atoms with Crippen molar-refractivity contribution in [3.05, 3.63) is 60.2 Å². The SMILES string of the molecule is C[C@@H](C=O)CCCc1ccc(-c2ccccc2)cc1. The molecular weight excluding hydrogens is 232 g/mol. The Bertz CT molecular complexity index is 499. The van der Waals surface area contributed by atoms with E-state index in [1.54, 1.807) is 0 Å². The summed E-state index contributed by atoms with van der Waals surface area (Å²) in [5.74, 6) is 0.184. The van der Waals surface area contributed by atoms with Gasteiger partial charge in [0.15, 0.2) is 0 Å². The van der Waals surface area contributed by atoms with Crippen LogP contribution >= 0.6 is 0 Å². The van der Waals surface area contributed by atoms with Crippen LogP contribution in [0.3, 0.4) is 0 Å². The molecule has 1 heteroatoms. The quantitative estimate of drug-likeness (QED) is 0.691. The van der Waals surface area contributed by atoms with Crippen LogP contribution in [0.4, 0.5) is 0 Å². The van der Waals surface area contributed by atoms with Crippen LogP contribution in [-0.4, -0.2) is 6.29 Å². The van der Waals surface area contributed by atoms with E-state index in [4.69, 9.17) is 0 Å². The van der Waals surface area contributed by atoms with Gasteiger partial charge in [0.25, 0.3) is 0 Å². The fourth-order valence-electron chi connectivity index (χ4n) is 2.19. The van der Waals surface area contributed by atoms with Crippen molar-refractivity contribution in [3.63, 3.8) is 0 Å².